The first-order valence-electron chi connectivity index (χ1n) is 31.3. The number of aliphatic hydroxyl groups excluding tert-OH is 1. The Hall–Kier alpha value is -9.18. The van der Waals surface area contributed by atoms with Crippen molar-refractivity contribution < 1.29 is 22.7 Å². The van der Waals surface area contributed by atoms with Crippen molar-refractivity contribution in [2.45, 2.75) is 110 Å². The normalized spacial score (nSPS) is 18.3. The highest BCUT2D eigenvalue weighted by Crippen LogP contribution is 2.38. The van der Waals surface area contributed by atoms with Gasteiger partial charge in [0.05, 0.1) is 63.5 Å². The molecule has 3 atom stereocenters. The van der Waals surface area contributed by atoms with Crippen LogP contribution in [0.5, 0.6) is 0 Å². The van der Waals surface area contributed by atoms with E-state index in [1.807, 2.05) is 93.3 Å². The van der Waals surface area contributed by atoms with Crippen molar-refractivity contribution in [3.63, 3.8) is 0 Å². The highest BCUT2D eigenvalue weighted by Gasteiger charge is 2.33. The lowest BCUT2D eigenvalue weighted by Crippen LogP contribution is -2.47. The lowest BCUT2D eigenvalue weighted by atomic mass is 9.84. The van der Waals surface area contributed by atoms with Gasteiger partial charge in [-0.2, -0.15) is 20.4 Å². The second-order valence-corrected chi connectivity index (χ2v) is 24.8. The number of nitrogens with zero attached hydrogens (tertiary/aromatic N) is 15. The maximum atomic E-state index is 15.3. The fourth-order valence-corrected chi connectivity index (χ4v) is 13.6. The predicted molar refractivity (Wildman–Crippen MR) is 347 cm³/mol. The Kier molecular flexibility index (Phi) is 16.8. The lowest BCUT2D eigenvalue weighted by molar-refractivity contribution is 0.0694. The molecule has 0 saturated carbocycles. The molecule has 0 amide bonds. The van der Waals surface area contributed by atoms with Gasteiger partial charge in [0.15, 0.2) is 11.5 Å². The van der Waals surface area contributed by atoms with E-state index in [1.54, 1.807) is 52.8 Å². The molecular formula is C70H72F4N16O. The van der Waals surface area contributed by atoms with Crippen molar-refractivity contribution in [2.24, 2.45) is 7.05 Å². The van der Waals surface area contributed by atoms with Crippen molar-refractivity contribution in [1.82, 2.24) is 79.5 Å². The van der Waals surface area contributed by atoms with Crippen molar-refractivity contribution in [3.05, 3.63) is 179 Å². The summed E-state index contributed by atoms with van der Waals surface area (Å²) in [5, 5.41) is 49.5. The van der Waals surface area contributed by atoms with Crippen LogP contribution in [0.25, 0.3) is 88.7 Å². The molecule has 15 rings (SSSR count). The Morgan fingerprint density at radius 1 is 0.571 bits per heavy atom. The number of rotatable bonds is 9. The van der Waals surface area contributed by atoms with Crippen LogP contribution < -0.4 is 5.32 Å². The van der Waals surface area contributed by atoms with Gasteiger partial charge < -0.3 is 19.7 Å². The molecule has 3 aliphatic rings. The third-order valence-electron chi connectivity index (χ3n) is 18.3. The minimum absolute atomic E-state index is 0.157. The molecule has 1 unspecified atom stereocenters. The second kappa shape index (κ2) is 25.2. The summed E-state index contributed by atoms with van der Waals surface area (Å²) in [6, 6.07) is 23.6. The van der Waals surface area contributed by atoms with Crippen LogP contribution in [0.3, 0.4) is 0 Å². The van der Waals surface area contributed by atoms with Crippen molar-refractivity contribution >= 4 is 54.9 Å². The molecule has 2 fully saturated rings. The van der Waals surface area contributed by atoms with E-state index in [0.29, 0.717) is 96.4 Å². The number of nitrogens with one attached hydrogen (secondary N) is 1. The van der Waals surface area contributed by atoms with Crippen LogP contribution in [0, 0.1) is 51.0 Å². The number of hydrogen-bond donors (Lipinski definition) is 2. The van der Waals surface area contributed by atoms with Gasteiger partial charge >= 0.3 is 0 Å². The molecule has 466 valence electrons. The number of β-amino-alcohol motifs (C(OH)–C–C–N with tert-alkyl or cyclic N) is 1. The summed E-state index contributed by atoms with van der Waals surface area (Å²) >= 11 is 0. The number of benzene rings is 4. The zero-order valence-electron chi connectivity index (χ0n) is 52.3. The molecule has 0 radical (unpaired) electrons. The third kappa shape index (κ3) is 12.5. The average Bonchev–Trinajstić information content (AvgIpc) is 1.71. The molecule has 91 heavy (non-hydrogen) atoms. The Morgan fingerprint density at radius 3 is 1.89 bits per heavy atom. The number of allylic oxidation sites excluding steroid dienone is 1. The fourth-order valence-electron chi connectivity index (χ4n) is 13.6. The second-order valence-electron chi connectivity index (χ2n) is 24.8. The van der Waals surface area contributed by atoms with Crippen LogP contribution >= 0.6 is 0 Å². The van der Waals surface area contributed by atoms with E-state index >= 15 is 8.78 Å². The van der Waals surface area contributed by atoms with Gasteiger partial charge in [0.2, 0.25) is 0 Å². The number of aliphatic hydroxyl groups is 1. The van der Waals surface area contributed by atoms with Gasteiger partial charge in [0, 0.05) is 101 Å². The Balaban J connectivity index is 0.000000125. The molecule has 11 heterocycles. The molecule has 4 aromatic carbocycles. The van der Waals surface area contributed by atoms with Crippen molar-refractivity contribution in [1.29, 1.82) is 0 Å². The van der Waals surface area contributed by atoms with E-state index in [-0.39, 0.29) is 35.9 Å². The standard InChI is InChI=1S/C25H29FN6O.C23H23F2N5.C22H20FN5/c1-14-7-23(30-32-13-15(2)27-25(14)32)19-10-21(26)20-12-22(28-29-24(20)11-19)18-8-16(3)31(5-6-33)17(4)9-18;1-3-30-6-4-14(5-7-30)15-9-19(24)18-12-21(26-27-22(18)11-15)16-8-17-13-29(2)28-23(17)20(25)10-16;1-13-7-17(12-28-11-14(2)25-22(13)28)20-10-18-19(23)8-16(9-21(18)27-26-20)15-3-5-24-6-4-15/h7,10-13,16-18,33H,5-6,8-9H2,1-4H3;8-14H,3-7H2,1-2H3;3,5,7-12,15,24H,4,6H2,1-2H3/t16-,17-;;/m1../s1. The first-order valence-corrected chi connectivity index (χ1v) is 31.3. The number of halogens is 4. The van der Waals surface area contributed by atoms with E-state index in [0.717, 1.165) is 114 Å². The average molecular weight is 1230 g/mol. The molecule has 12 aromatic rings. The molecule has 21 heteroatoms. The summed E-state index contributed by atoms with van der Waals surface area (Å²) in [5.41, 5.74) is 14.2. The summed E-state index contributed by atoms with van der Waals surface area (Å²) in [7, 11) is 1.74. The van der Waals surface area contributed by atoms with Crippen LogP contribution in [-0.2, 0) is 7.05 Å². The van der Waals surface area contributed by atoms with E-state index in [9.17, 15) is 13.9 Å². The number of fused-ring (bicyclic) bond motifs is 6. The van der Waals surface area contributed by atoms with Crippen molar-refractivity contribution in [3.8, 4) is 33.8 Å². The first kappa shape index (κ1) is 60.7. The number of aromatic nitrogens is 13. The number of piperidine rings is 2. The van der Waals surface area contributed by atoms with E-state index < -0.39 is 5.82 Å². The molecule has 8 aromatic heterocycles. The van der Waals surface area contributed by atoms with E-state index in [2.05, 4.69) is 92.7 Å². The first-order chi connectivity index (χ1) is 43.9. The number of aryl methyl sites for hydroxylation is 5. The molecule has 0 bridgehead atoms. The summed E-state index contributed by atoms with van der Waals surface area (Å²) in [6.07, 6.45) is 16.4. The Morgan fingerprint density at radius 2 is 1.19 bits per heavy atom. The number of pyridine rings is 1. The molecule has 3 aliphatic heterocycles. The van der Waals surface area contributed by atoms with Gasteiger partial charge in [0.1, 0.15) is 28.6 Å². The van der Waals surface area contributed by atoms with Crippen LogP contribution in [0.4, 0.5) is 17.6 Å². The van der Waals surface area contributed by atoms with Gasteiger partial charge in [-0.05, 0) is 207 Å². The maximum absolute atomic E-state index is 15.3. The molecular weight excluding hydrogens is 1160 g/mol. The zero-order valence-corrected chi connectivity index (χ0v) is 52.3. The summed E-state index contributed by atoms with van der Waals surface area (Å²) < 4.78 is 64.9. The highest BCUT2D eigenvalue weighted by atomic mass is 19.1. The quantitative estimate of drug-likeness (QED) is 0.130. The number of hydrogen-bond acceptors (Lipinski definition) is 14. The summed E-state index contributed by atoms with van der Waals surface area (Å²) in [5.74, 6) is -0.548. The van der Waals surface area contributed by atoms with Gasteiger partial charge in [-0.3, -0.25) is 9.58 Å². The highest BCUT2D eigenvalue weighted by molar-refractivity contribution is 5.88. The number of imidazole rings is 2. The van der Waals surface area contributed by atoms with Gasteiger partial charge in [-0.25, -0.2) is 32.0 Å². The SMILES string of the molecule is CCN1CCC(c2cc(F)c3cc(-c4cc(F)c5nn(C)cc5c4)nnc3c2)CC1.Cc1cn2cc(-c3cc4c(F)cc(C5C=CNCC5)cc4nn3)cc(C)c2n1.Cc1cn2nc(-c3cc(F)c4cc(C5C[C@@H](C)N(CCO)[C@H](C)C5)nnc4c3)cc(C)c2n1. The Labute approximate surface area is 523 Å². The molecule has 2 N–H and O–H groups in total. The van der Waals surface area contributed by atoms with Crippen LogP contribution in [-0.4, -0.2) is 131 Å². The molecule has 0 aliphatic carbocycles. The topological polar surface area (TPSA) is 181 Å². The Bertz CT molecular complexity index is 4750. The van der Waals surface area contributed by atoms with E-state index in [1.165, 1.54) is 12.1 Å². The largest absolute Gasteiger partial charge is 0.395 e. The molecule has 0 spiro atoms. The van der Waals surface area contributed by atoms with Crippen LogP contribution in [0.15, 0.2) is 116 Å². The minimum atomic E-state index is -0.431. The van der Waals surface area contributed by atoms with Gasteiger partial charge in [-0.15, -0.1) is 20.4 Å². The lowest BCUT2D eigenvalue weighted by Gasteiger charge is -2.42. The molecule has 17 nitrogen and oxygen atoms in total. The fraction of sp³-hybridized carbons (Fsp3) is 0.343. The monoisotopic (exact) mass is 1230 g/mol. The number of likely N-dealkylation sites (tertiary alicyclic amines) is 2. The smallest absolute Gasteiger partial charge is 0.156 e. The predicted octanol–water partition coefficient (Wildman–Crippen LogP) is 13.0. The summed E-state index contributed by atoms with van der Waals surface area (Å²) in [4.78, 5) is 13.7. The molecule has 2 saturated heterocycles. The van der Waals surface area contributed by atoms with Crippen LogP contribution in [0.1, 0.15) is 110 Å². The maximum Gasteiger partial charge on any atom is 0.156 e. The van der Waals surface area contributed by atoms with Gasteiger partial charge in [-0.1, -0.05) is 13.0 Å². The van der Waals surface area contributed by atoms with Crippen LogP contribution in [0.2, 0.25) is 0 Å². The van der Waals surface area contributed by atoms with Gasteiger partial charge in [0.25, 0.3) is 0 Å². The zero-order chi connectivity index (χ0) is 63.4. The van der Waals surface area contributed by atoms with E-state index in [4.69, 9.17) is 0 Å². The van der Waals surface area contributed by atoms with Crippen molar-refractivity contribution in [2.75, 3.05) is 39.3 Å². The summed E-state index contributed by atoms with van der Waals surface area (Å²) in [6.45, 7) is 19.2. The third-order valence-corrected chi connectivity index (χ3v) is 18.3. The minimum Gasteiger partial charge on any atom is -0.395 e.